The van der Waals surface area contributed by atoms with Crippen LogP contribution < -0.4 is 0 Å². The van der Waals surface area contributed by atoms with Gasteiger partial charge in [-0.3, -0.25) is 4.79 Å². The van der Waals surface area contributed by atoms with Crippen LogP contribution in [-0.2, 0) is 17.4 Å². The van der Waals surface area contributed by atoms with Gasteiger partial charge in [0.25, 0.3) is 0 Å². The SMILES string of the molecule is CC1c2c([nH]c3ccc(C(F)(F)F)cc23)C[C@@H]2CCN(CCCN3CCCC3=O)CC12. The molecule has 4 nitrogen and oxygen atoms in total. The van der Waals surface area contributed by atoms with E-state index in [1.165, 1.54) is 12.1 Å². The molecule has 0 spiro atoms. The van der Waals surface area contributed by atoms with Crippen molar-refractivity contribution in [3.8, 4) is 0 Å². The van der Waals surface area contributed by atoms with Crippen LogP contribution in [0, 0.1) is 11.8 Å². The first kappa shape index (κ1) is 20.9. The number of likely N-dealkylation sites (tertiary alicyclic amines) is 2. The number of carbonyl (C=O) groups is 1. The van der Waals surface area contributed by atoms with Crippen molar-refractivity contribution in [2.45, 2.75) is 51.1 Å². The Kier molecular flexibility index (Phi) is 5.27. The van der Waals surface area contributed by atoms with E-state index in [-0.39, 0.29) is 11.8 Å². The number of benzene rings is 1. The van der Waals surface area contributed by atoms with Crippen molar-refractivity contribution in [1.82, 2.24) is 14.8 Å². The van der Waals surface area contributed by atoms with Gasteiger partial charge in [0.2, 0.25) is 5.91 Å². The molecule has 168 valence electrons. The highest BCUT2D eigenvalue weighted by atomic mass is 19.4. The second-order valence-electron chi connectivity index (χ2n) is 9.62. The van der Waals surface area contributed by atoms with E-state index in [4.69, 9.17) is 0 Å². The monoisotopic (exact) mass is 433 g/mol. The standard InChI is InChI=1S/C24H30F3N3O/c1-15-19-14-29(8-3-10-30-9-2-4-22(30)31)11-7-16(19)12-21-23(15)18-13-17(24(25,26)27)5-6-20(18)28-21/h5-6,13,15-16,19,28H,2-4,7-12,14H2,1H3/t15?,16-,19?/m0/s1. The average molecular weight is 434 g/mol. The Morgan fingerprint density at radius 1 is 1.19 bits per heavy atom. The normalized spacial score (nSPS) is 27.0. The summed E-state index contributed by atoms with van der Waals surface area (Å²) in [5.41, 5.74) is 2.46. The maximum atomic E-state index is 13.3. The van der Waals surface area contributed by atoms with Gasteiger partial charge < -0.3 is 14.8 Å². The number of H-pyrrole nitrogens is 1. The zero-order chi connectivity index (χ0) is 21.8. The van der Waals surface area contributed by atoms with Crippen LogP contribution in [0.3, 0.4) is 0 Å². The molecule has 2 saturated heterocycles. The van der Waals surface area contributed by atoms with Gasteiger partial charge in [-0.2, -0.15) is 13.2 Å². The Bertz CT molecular complexity index is 982. The minimum Gasteiger partial charge on any atom is -0.358 e. The van der Waals surface area contributed by atoms with Crippen molar-refractivity contribution in [2.75, 3.05) is 32.7 Å². The Hall–Kier alpha value is -2.02. The smallest absolute Gasteiger partial charge is 0.358 e. The van der Waals surface area contributed by atoms with Gasteiger partial charge in [0.05, 0.1) is 5.56 Å². The summed E-state index contributed by atoms with van der Waals surface area (Å²) in [6.45, 7) is 6.96. The lowest BCUT2D eigenvalue weighted by Crippen LogP contribution is -2.45. The number of nitrogens with one attached hydrogen (secondary N) is 1. The fourth-order valence-corrected chi connectivity index (χ4v) is 6.15. The van der Waals surface area contributed by atoms with E-state index in [1.807, 2.05) is 4.90 Å². The Labute approximate surface area is 180 Å². The van der Waals surface area contributed by atoms with E-state index in [2.05, 4.69) is 16.8 Å². The quantitative estimate of drug-likeness (QED) is 0.753. The molecule has 7 heteroatoms. The minimum atomic E-state index is -4.32. The Morgan fingerprint density at radius 3 is 2.77 bits per heavy atom. The summed E-state index contributed by atoms with van der Waals surface area (Å²) < 4.78 is 39.9. The summed E-state index contributed by atoms with van der Waals surface area (Å²) in [6.07, 6.45) is 0.388. The van der Waals surface area contributed by atoms with Crippen LogP contribution in [0.4, 0.5) is 13.2 Å². The number of aromatic nitrogens is 1. The molecule has 31 heavy (non-hydrogen) atoms. The van der Waals surface area contributed by atoms with Crippen molar-refractivity contribution in [1.29, 1.82) is 0 Å². The number of fused-ring (bicyclic) bond motifs is 4. The molecule has 3 atom stereocenters. The van der Waals surface area contributed by atoms with E-state index < -0.39 is 11.7 Å². The fourth-order valence-electron chi connectivity index (χ4n) is 6.15. The number of halogens is 3. The molecule has 2 aromatic rings. The number of piperidine rings is 1. The Morgan fingerprint density at radius 2 is 2.03 bits per heavy atom. The molecule has 2 aliphatic heterocycles. The van der Waals surface area contributed by atoms with Crippen LogP contribution in [0.15, 0.2) is 18.2 Å². The second-order valence-corrected chi connectivity index (χ2v) is 9.62. The first-order valence-electron chi connectivity index (χ1n) is 11.5. The van der Waals surface area contributed by atoms with Gasteiger partial charge in [-0.05, 0) is 80.3 Å². The van der Waals surface area contributed by atoms with Crippen molar-refractivity contribution in [3.63, 3.8) is 0 Å². The summed E-state index contributed by atoms with van der Waals surface area (Å²) in [7, 11) is 0. The lowest BCUT2D eigenvalue weighted by Gasteiger charge is -2.44. The molecule has 5 rings (SSSR count). The molecule has 1 amide bonds. The molecular formula is C24H30F3N3O. The van der Waals surface area contributed by atoms with Crippen LogP contribution >= 0.6 is 0 Å². The minimum absolute atomic E-state index is 0.231. The van der Waals surface area contributed by atoms with E-state index in [1.54, 1.807) is 6.07 Å². The van der Waals surface area contributed by atoms with Crippen molar-refractivity contribution in [3.05, 3.63) is 35.0 Å². The van der Waals surface area contributed by atoms with Gasteiger partial charge in [0.1, 0.15) is 0 Å². The Balaban J connectivity index is 1.31. The number of alkyl halides is 3. The molecule has 2 unspecified atom stereocenters. The number of carbonyl (C=O) groups excluding carboxylic acids is 1. The fraction of sp³-hybridized carbons (Fsp3) is 0.625. The average Bonchev–Trinajstić information content (AvgIpc) is 3.30. The molecule has 1 N–H and O–H groups in total. The molecule has 0 bridgehead atoms. The third-order valence-corrected chi connectivity index (χ3v) is 7.78. The highest BCUT2D eigenvalue weighted by Crippen LogP contribution is 2.46. The van der Waals surface area contributed by atoms with Crippen molar-refractivity contribution >= 4 is 16.8 Å². The zero-order valence-corrected chi connectivity index (χ0v) is 18.0. The van der Waals surface area contributed by atoms with Crippen LogP contribution in [0.1, 0.15) is 55.3 Å². The molecule has 3 heterocycles. The topological polar surface area (TPSA) is 39.3 Å². The first-order valence-corrected chi connectivity index (χ1v) is 11.5. The summed E-state index contributed by atoms with van der Waals surface area (Å²) >= 11 is 0. The molecule has 0 saturated carbocycles. The van der Waals surface area contributed by atoms with E-state index >= 15 is 0 Å². The van der Waals surface area contributed by atoms with Crippen LogP contribution in [0.5, 0.6) is 0 Å². The van der Waals surface area contributed by atoms with Crippen LogP contribution in [-0.4, -0.2) is 53.4 Å². The largest absolute Gasteiger partial charge is 0.416 e. The highest BCUT2D eigenvalue weighted by molar-refractivity contribution is 5.86. The van der Waals surface area contributed by atoms with E-state index in [0.717, 1.165) is 80.6 Å². The predicted molar refractivity (Wildman–Crippen MR) is 114 cm³/mol. The highest BCUT2D eigenvalue weighted by Gasteiger charge is 2.40. The number of amides is 1. The van der Waals surface area contributed by atoms with E-state index in [0.29, 0.717) is 18.3 Å². The summed E-state index contributed by atoms with van der Waals surface area (Å²) in [6, 6.07) is 4.09. The number of hydrogen-bond donors (Lipinski definition) is 1. The van der Waals surface area contributed by atoms with Gasteiger partial charge in [0.15, 0.2) is 0 Å². The molecule has 2 fully saturated rings. The second kappa shape index (κ2) is 7.84. The number of rotatable bonds is 4. The summed E-state index contributed by atoms with van der Waals surface area (Å²) in [5, 5.41) is 0.737. The molecule has 0 radical (unpaired) electrons. The maximum absolute atomic E-state index is 13.3. The van der Waals surface area contributed by atoms with Crippen molar-refractivity contribution in [2.24, 2.45) is 11.8 Å². The van der Waals surface area contributed by atoms with Gasteiger partial charge in [0, 0.05) is 42.7 Å². The first-order chi connectivity index (χ1) is 14.8. The maximum Gasteiger partial charge on any atom is 0.416 e. The van der Waals surface area contributed by atoms with Crippen LogP contribution in [0.25, 0.3) is 10.9 Å². The number of hydrogen-bond acceptors (Lipinski definition) is 2. The van der Waals surface area contributed by atoms with Gasteiger partial charge in [-0.25, -0.2) is 0 Å². The van der Waals surface area contributed by atoms with Crippen LogP contribution in [0.2, 0.25) is 0 Å². The number of nitrogens with zero attached hydrogens (tertiary/aromatic N) is 2. The third kappa shape index (κ3) is 3.86. The predicted octanol–water partition coefficient (Wildman–Crippen LogP) is 4.80. The molecule has 1 aliphatic carbocycles. The lowest BCUT2D eigenvalue weighted by molar-refractivity contribution is -0.137. The molecule has 1 aromatic carbocycles. The lowest BCUT2D eigenvalue weighted by atomic mass is 9.68. The van der Waals surface area contributed by atoms with Gasteiger partial charge in [-0.1, -0.05) is 6.92 Å². The number of aromatic amines is 1. The van der Waals surface area contributed by atoms with Gasteiger partial charge in [-0.15, -0.1) is 0 Å². The summed E-state index contributed by atoms with van der Waals surface area (Å²) in [4.78, 5) is 19.7. The molecule has 3 aliphatic rings. The third-order valence-electron chi connectivity index (χ3n) is 7.78. The van der Waals surface area contributed by atoms with Gasteiger partial charge >= 0.3 is 6.18 Å². The van der Waals surface area contributed by atoms with E-state index in [9.17, 15) is 18.0 Å². The summed E-state index contributed by atoms with van der Waals surface area (Å²) in [5.74, 6) is 1.55. The van der Waals surface area contributed by atoms with Crippen molar-refractivity contribution < 1.29 is 18.0 Å². The zero-order valence-electron chi connectivity index (χ0n) is 18.0. The molecule has 1 aromatic heterocycles. The molecular weight excluding hydrogens is 403 g/mol.